The van der Waals surface area contributed by atoms with Gasteiger partial charge >= 0.3 is 11.9 Å². The molecule has 0 aromatic carbocycles. The Labute approximate surface area is 184 Å². The molecule has 0 aromatic rings. The van der Waals surface area contributed by atoms with E-state index in [0.29, 0.717) is 36.4 Å². The first kappa shape index (κ1) is 22.5. The minimum atomic E-state index is -1.19. The third-order valence-corrected chi connectivity index (χ3v) is 9.67. The average Bonchev–Trinajstić information content (AvgIpc) is 3.01. The highest BCUT2D eigenvalue weighted by molar-refractivity contribution is 5.91. The molecule has 4 aliphatic carbocycles. The minimum absolute atomic E-state index is 0.0846. The number of carbonyl (C=O) groups is 4. The lowest BCUT2D eigenvalue weighted by Gasteiger charge is -2.61. The second kappa shape index (κ2) is 7.70. The summed E-state index contributed by atoms with van der Waals surface area (Å²) < 4.78 is 10.6. The van der Waals surface area contributed by atoms with Crippen LogP contribution < -0.4 is 0 Å². The van der Waals surface area contributed by atoms with Crippen LogP contribution in [0, 0.1) is 34.5 Å². The van der Waals surface area contributed by atoms with Crippen molar-refractivity contribution in [2.45, 2.75) is 91.1 Å². The van der Waals surface area contributed by atoms with E-state index in [1.165, 1.54) is 13.8 Å². The van der Waals surface area contributed by atoms with Gasteiger partial charge < -0.3 is 9.47 Å². The molecule has 6 heteroatoms. The van der Waals surface area contributed by atoms with Gasteiger partial charge in [-0.05, 0) is 80.5 Å². The monoisotopic (exact) mass is 432 g/mol. The van der Waals surface area contributed by atoms with Gasteiger partial charge in [0.25, 0.3) is 0 Å². The molecule has 0 heterocycles. The first-order valence-electron chi connectivity index (χ1n) is 11.9. The van der Waals surface area contributed by atoms with Gasteiger partial charge in [0, 0.05) is 25.7 Å². The number of fused-ring (bicyclic) bond motifs is 5. The van der Waals surface area contributed by atoms with Crippen LogP contribution in [0.1, 0.15) is 85.5 Å². The maximum atomic E-state index is 13.1. The van der Waals surface area contributed by atoms with Gasteiger partial charge in [0.1, 0.15) is 5.78 Å². The van der Waals surface area contributed by atoms with E-state index in [1.807, 2.05) is 0 Å². The van der Waals surface area contributed by atoms with Gasteiger partial charge in [-0.15, -0.1) is 0 Å². The number of hydrogen-bond donors (Lipinski definition) is 0. The molecular formula is C25H36O6. The van der Waals surface area contributed by atoms with Crippen molar-refractivity contribution in [3.05, 3.63) is 0 Å². The summed E-state index contributed by atoms with van der Waals surface area (Å²) in [6.07, 6.45) is 7.65. The molecule has 0 radical (unpaired) electrons. The largest absolute Gasteiger partial charge is 0.458 e. The molecule has 0 bridgehead atoms. The Hall–Kier alpha value is -1.72. The van der Waals surface area contributed by atoms with Gasteiger partial charge in [-0.25, -0.2) is 0 Å². The second-order valence-corrected chi connectivity index (χ2v) is 11.1. The molecule has 172 valence electrons. The highest BCUT2D eigenvalue weighted by Crippen LogP contribution is 2.66. The van der Waals surface area contributed by atoms with Gasteiger partial charge in [-0.3, -0.25) is 19.2 Å². The predicted octanol–water partition coefficient (Wildman–Crippen LogP) is 4.03. The zero-order chi connectivity index (χ0) is 22.6. The van der Waals surface area contributed by atoms with E-state index in [1.54, 1.807) is 0 Å². The Kier molecular flexibility index (Phi) is 5.58. The van der Waals surface area contributed by atoms with Gasteiger partial charge in [0.05, 0.1) is 0 Å². The van der Waals surface area contributed by atoms with Crippen LogP contribution >= 0.6 is 0 Å². The summed E-state index contributed by atoms with van der Waals surface area (Å²) >= 11 is 0. The van der Waals surface area contributed by atoms with Crippen molar-refractivity contribution in [2.24, 2.45) is 34.5 Å². The molecule has 31 heavy (non-hydrogen) atoms. The van der Waals surface area contributed by atoms with E-state index in [0.717, 1.165) is 44.9 Å². The molecule has 0 spiro atoms. The highest BCUT2D eigenvalue weighted by atomic mass is 16.6. The van der Waals surface area contributed by atoms with E-state index in [4.69, 9.17) is 9.47 Å². The molecular weight excluding hydrogens is 396 g/mol. The van der Waals surface area contributed by atoms with Crippen molar-refractivity contribution < 1.29 is 28.7 Å². The van der Waals surface area contributed by atoms with Crippen LogP contribution in [-0.2, 0) is 28.7 Å². The van der Waals surface area contributed by atoms with Crippen molar-refractivity contribution in [3.63, 3.8) is 0 Å². The molecule has 0 N–H and O–H groups in total. The molecule has 0 amide bonds. The Morgan fingerprint density at radius 3 is 2.35 bits per heavy atom. The second-order valence-electron chi connectivity index (χ2n) is 11.1. The van der Waals surface area contributed by atoms with Crippen molar-refractivity contribution in [1.29, 1.82) is 0 Å². The van der Waals surface area contributed by atoms with E-state index >= 15 is 0 Å². The number of rotatable bonds is 4. The fourth-order valence-corrected chi connectivity index (χ4v) is 7.98. The lowest BCUT2D eigenvalue weighted by atomic mass is 9.44. The topological polar surface area (TPSA) is 86.7 Å². The minimum Gasteiger partial charge on any atom is -0.458 e. The van der Waals surface area contributed by atoms with Gasteiger partial charge in [-0.1, -0.05) is 13.8 Å². The molecule has 6 nitrogen and oxygen atoms in total. The first-order valence-corrected chi connectivity index (χ1v) is 11.9. The predicted molar refractivity (Wildman–Crippen MR) is 113 cm³/mol. The summed E-state index contributed by atoms with van der Waals surface area (Å²) in [5.74, 6) is 1.07. The number of hydrogen-bond acceptors (Lipinski definition) is 6. The van der Waals surface area contributed by atoms with E-state index in [-0.39, 0.29) is 29.1 Å². The molecule has 0 saturated heterocycles. The summed E-state index contributed by atoms with van der Waals surface area (Å²) in [6.45, 7) is 6.82. The zero-order valence-electron chi connectivity index (χ0n) is 19.3. The van der Waals surface area contributed by atoms with E-state index in [9.17, 15) is 19.2 Å². The van der Waals surface area contributed by atoms with Gasteiger partial charge in [0.15, 0.2) is 12.2 Å². The zero-order valence-corrected chi connectivity index (χ0v) is 19.3. The average molecular weight is 433 g/mol. The number of esters is 2. The lowest BCUT2D eigenvalue weighted by Crippen LogP contribution is -2.59. The lowest BCUT2D eigenvalue weighted by molar-refractivity contribution is -0.189. The van der Waals surface area contributed by atoms with Crippen molar-refractivity contribution >= 4 is 23.5 Å². The summed E-state index contributed by atoms with van der Waals surface area (Å²) in [5, 5.41) is 0. The third kappa shape index (κ3) is 3.54. The van der Waals surface area contributed by atoms with Gasteiger partial charge in [-0.2, -0.15) is 0 Å². The summed E-state index contributed by atoms with van der Waals surface area (Å²) in [6, 6.07) is 0. The number of ether oxygens (including phenoxy) is 2. The molecule has 7 atom stereocenters. The molecule has 0 aromatic heterocycles. The van der Waals surface area contributed by atoms with Crippen LogP contribution in [0.5, 0.6) is 0 Å². The van der Waals surface area contributed by atoms with Crippen LogP contribution in [0.2, 0.25) is 0 Å². The molecule has 4 fully saturated rings. The summed E-state index contributed by atoms with van der Waals surface area (Å²) in [7, 11) is 0. The standard InChI is InChI=1S/C25H36O6/c1-15(26)30-14-22(29)25(31-16(2)27)12-11-23(3)17(13-25)5-6-18-19-7-8-21(28)24(19,4)10-9-20(18)23/h17-20H,5-14H2,1-4H3/t17-,18+,19-,20+,23+,24-,25-/m1/s1. The van der Waals surface area contributed by atoms with Crippen LogP contribution in [0.4, 0.5) is 0 Å². The van der Waals surface area contributed by atoms with Crippen molar-refractivity contribution in [3.8, 4) is 0 Å². The Balaban J connectivity index is 1.56. The van der Waals surface area contributed by atoms with Crippen molar-refractivity contribution in [2.75, 3.05) is 6.61 Å². The van der Waals surface area contributed by atoms with Crippen LogP contribution in [0.3, 0.4) is 0 Å². The number of Topliss-reactive ketones (excluding diaryl/α,β-unsaturated/α-hetero) is 2. The Bertz CT molecular complexity index is 804. The highest BCUT2D eigenvalue weighted by Gasteiger charge is 2.62. The normalized spacial score (nSPS) is 43.9. The molecule has 4 aliphatic rings. The maximum absolute atomic E-state index is 13.1. The quantitative estimate of drug-likeness (QED) is 0.623. The summed E-state index contributed by atoms with van der Waals surface area (Å²) in [4.78, 5) is 48.8. The fourth-order valence-electron chi connectivity index (χ4n) is 7.98. The molecule has 4 saturated carbocycles. The fraction of sp³-hybridized carbons (Fsp3) is 0.840. The smallest absolute Gasteiger partial charge is 0.303 e. The van der Waals surface area contributed by atoms with E-state index < -0.39 is 17.5 Å². The van der Waals surface area contributed by atoms with Crippen molar-refractivity contribution in [1.82, 2.24) is 0 Å². The number of ketones is 2. The molecule has 0 aliphatic heterocycles. The van der Waals surface area contributed by atoms with Gasteiger partial charge in [0.2, 0.25) is 5.78 Å². The van der Waals surface area contributed by atoms with Crippen LogP contribution in [-0.4, -0.2) is 35.7 Å². The Morgan fingerprint density at radius 2 is 1.68 bits per heavy atom. The third-order valence-electron chi connectivity index (χ3n) is 9.67. The first-order chi connectivity index (χ1) is 14.5. The summed E-state index contributed by atoms with van der Waals surface area (Å²) in [5.41, 5.74) is -1.24. The van der Waals surface area contributed by atoms with E-state index in [2.05, 4.69) is 13.8 Å². The Morgan fingerprint density at radius 1 is 0.935 bits per heavy atom. The molecule has 4 rings (SSSR count). The van der Waals surface area contributed by atoms with Crippen LogP contribution in [0.25, 0.3) is 0 Å². The maximum Gasteiger partial charge on any atom is 0.303 e. The SMILES string of the molecule is CC(=O)OCC(=O)[C@@]1(OC(C)=O)CC[C@@]2(C)[C@H](CC[C@H]3[C@H]4CCC(=O)[C@]4(C)CC[C@@H]32)C1. The van der Waals surface area contributed by atoms with Crippen LogP contribution in [0.15, 0.2) is 0 Å². The molecule has 0 unspecified atom stereocenters. The number of carbonyl (C=O) groups excluding carboxylic acids is 4.